The molecule has 62 valence electrons. The van der Waals surface area contributed by atoms with Gasteiger partial charge in [0.2, 0.25) is 0 Å². The molecule has 0 rings (SSSR count). The zero-order valence-electron chi connectivity index (χ0n) is 7.26. The first-order valence-electron chi connectivity index (χ1n) is 3.58. The SMILES string of the molecule is C#CC(=C)/C=C(\C=C)CC(C)=O. The molecule has 0 N–H and O–H groups in total. The first kappa shape index (κ1) is 10.4. The normalized spacial score (nSPS) is 10.2. The number of terminal acetylenes is 1. The fourth-order valence-electron chi connectivity index (χ4n) is 0.735. The van der Waals surface area contributed by atoms with Crippen molar-refractivity contribution < 1.29 is 4.79 Å². The Balaban J connectivity index is 4.46. The minimum atomic E-state index is 0.0889. The van der Waals surface area contributed by atoms with Gasteiger partial charge in [-0.05, 0) is 18.6 Å². The summed E-state index contributed by atoms with van der Waals surface area (Å²) in [7, 11) is 0. The molecular weight excluding hydrogens is 148 g/mol. The molecule has 0 saturated heterocycles. The van der Waals surface area contributed by atoms with Crippen LogP contribution in [0.5, 0.6) is 0 Å². The van der Waals surface area contributed by atoms with Crippen LogP contribution in [-0.2, 0) is 4.79 Å². The average molecular weight is 160 g/mol. The van der Waals surface area contributed by atoms with E-state index in [2.05, 4.69) is 19.1 Å². The molecule has 1 nitrogen and oxygen atoms in total. The molecule has 12 heavy (non-hydrogen) atoms. The van der Waals surface area contributed by atoms with Crippen molar-refractivity contribution in [2.24, 2.45) is 0 Å². The summed E-state index contributed by atoms with van der Waals surface area (Å²) in [6, 6.07) is 0. The molecule has 0 aliphatic heterocycles. The number of carbonyl (C=O) groups excluding carboxylic acids is 1. The maximum absolute atomic E-state index is 10.7. The van der Waals surface area contributed by atoms with Crippen LogP contribution in [-0.4, -0.2) is 5.78 Å². The summed E-state index contributed by atoms with van der Waals surface area (Å²) in [5.41, 5.74) is 1.37. The van der Waals surface area contributed by atoms with Gasteiger partial charge < -0.3 is 0 Å². The third-order valence-corrected chi connectivity index (χ3v) is 1.26. The van der Waals surface area contributed by atoms with Crippen molar-refractivity contribution in [1.82, 2.24) is 0 Å². The molecular formula is C11H12O. The highest BCUT2D eigenvalue weighted by Crippen LogP contribution is 2.06. The lowest BCUT2D eigenvalue weighted by atomic mass is 10.1. The van der Waals surface area contributed by atoms with Gasteiger partial charge in [-0.1, -0.05) is 25.2 Å². The van der Waals surface area contributed by atoms with E-state index >= 15 is 0 Å². The zero-order valence-corrected chi connectivity index (χ0v) is 7.26. The molecule has 0 bridgehead atoms. The second-order valence-electron chi connectivity index (χ2n) is 2.47. The molecule has 0 fully saturated rings. The van der Waals surface area contributed by atoms with Crippen molar-refractivity contribution in [3.63, 3.8) is 0 Å². The Morgan fingerprint density at radius 1 is 1.67 bits per heavy atom. The zero-order chi connectivity index (χ0) is 9.56. The van der Waals surface area contributed by atoms with E-state index in [-0.39, 0.29) is 5.78 Å². The van der Waals surface area contributed by atoms with E-state index in [0.717, 1.165) is 5.57 Å². The first-order chi connectivity index (χ1) is 5.60. The molecule has 0 heterocycles. The van der Waals surface area contributed by atoms with Gasteiger partial charge in [0, 0.05) is 12.0 Å². The molecule has 0 aromatic heterocycles. The van der Waals surface area contributed by atoms with Crippen LogP contribution in [0.3, 0.4) is 0 Å². The van der Waals surface area contributed by atoms with Gasteiger partial charge in [0.05, 0.1) is 0 Å². The third kappa shape index (κ3) is 4.29. The molecule has 0 unspecified atom stereocenters. The molecule has 0 saturated carbocycles. The number of hydrogen-bond donors (Lipinski definition) is 0. The van der Waals surface area contributed by atoms with E-state index in [0.29, 0.717) is 12.0 Å². The fraction of sp³-hybridized carbons (Fsp3) is 0.182. The van der Waals surface area contributed by atoms with Crippen LogP contribution in [0.1, 0.15) is 13.3 Å². The summed E-state index contributed by atoms with van der Waals surface area (Å²) in [5, 5.41) is 0. The van der Waals surface area contributed by atoms with Gasteiger partial charge in [-0.2, -0.15) is 0 Å². The van der Waals surface area contributed by atoms with Gasteiger partial charge in [0.15, 0.2) is 0 Å². The highest BCUT2D eigenvalue weighted by Gasteiger charge is 1.96. The van der Waals surface area contributed by atoms with Crippen molar-refractivity contribution in [2.45, 2.75) is 13.3 Å². The van der Waals surface area contributed by atoms with Crippen molar-refractivity contribution in [1.29, 1.82) is 0 Å². The number of ketones is 1. The van der Waals surface area contributed by atoms with Crippen molar-refractivity contribution in [3.8, 4) is 12.3 Å². The Hall–Kier alpha value is -1.55. The molecule has 0 amide bonds. The van der Waals surface area contributed by atoms with Crippen LogP contribution < -0.4 is 0 Å². The topological polar surface area (TPSA) is 17.1 Å². The predicted molar refractivity (Wildman–Crippen MR) is 51.6 cm³/mol. The minimum Gasteiger partial charge on any atom is -0.300 e. The Bertz CT molecular complexity index is 274. The van der Waals surface area contributed by atoms with E-state index in [4.69, 9.17) is 6.42 Å². The van der Waals surface area contributed by atoms with Gasteiger partial charge in [-0.3, -0.25) is 4.79 Å². The van der Waals surface area contributed by atoms with Crippen molar-refractivity contribution >= 4 is 5.78 Å². The summed E-state index contributed by atoms with van der Waals surface area (Å²) in [6.07, 6.45) is 8.76. The first-order valence-corrected chi connectivity index (χ1v) is 3.58. The fourth-order valence-corrected chi connectivity index (χ4v) is 0.735. The van der Waals surface area contributed by atoms with Gasteiger partial charge in [-0.15, -0.1) is 6.42 Å². The summed E-state index contributed by atoms with van der Waals surface area (Å²) in [5.74, 6) is 2.46. The molecule has 1 heteroatoms. The lowest BCUT2D eigenvalue weighted by Gasteiger charge is -1.96. The monoisotopic (exact) mass is 160 g/mol. The number of hydrogen-bond acceptors (Lipinski definition) is 1. The van der Waals surface area contributed by atoms with Crippen LogP contribution >= 0.6 is 0 Å². The second kappa shape index (κ2) is 5.15. The predicted octanol–water partition coefficient (Wildman–Crippen LogP) is 2.27. The molecule has 0 spiro atoms. The van der Waals surface area contributed by atoms with Crippen LogP contribution in [0.2, 0.25) is 0 Å². The molecule has 0 atom stereocenters. The molecule has 0 aliphatic rings. The summed E-state index contributed by atoms with van der Waals surface area (Å²) in [6.45, 7) is 8.69. The quantitative estimate of drug-likeness (QED) is 0.455. The van der Waals surface area contributed by atoms with Crippen molar-refractivity contribution in [2.75, 3.05) is 0 Å². The van der Waals surface area contributed by atoms with Gasteiger partial charge in [0.25, 0.3) is 0 Å². The largest absolute Gasteiger partial charge is 0.300 e. The maximum atomic E-state index is 10.7. The standard InChI is InChI=1S/C11H12O/c1-5-9(3)7-11(6-2)8-10(4)12/h1,6-7H,2-3,8H2,4H3/b11-7+. The Morgan fingerprint density at radius 2 is 2.25 bits per heavy atom. The average Bonchev–Trinajstić information content (AvgIpc) is 2.02. The number of carbonyl (C=O) groups is 1. The highest BCUT2D eigenvalue weighted by atomic mass is 16.1. The van der Waals surface area contributed by atoms with Crippen LogP contribution in [0.25, 0.3) is 0 Å². The Kier molecular flexibility index (Phi) is 4.48. The number of rotatable bonds is 4. The number of allylic oxidation sites excluding steroid dienone is 4. The van der Waals surface area contributed by atoms with E-state index in [1.165, 1.54) is 6.92 Å². The van der Waals surface area contributed by atoms with Crippen LogP contribution in [0, 0.1) is 12.3 Å². The second-order valence-corrected chi connectivity index (χ2v) is 2.47. The lowest BCUT2D eigenvalue weighted by molar-refractivity contribution is -0.116. The maximum Gasteiger partial charge on any atom is 0.134 e. The molecule has 0 aromatic carbocycles. The Morgan fingerprint density at radius 3 is 2.58 bits per heavy atom. The molecule has 0 radical (unpaired) electrons. The van der Waals surface area contributed by atoms with Crippen LogP contribution in [0.4, 0.5) is 0 Å². The summed E-state index contributed by atoms with van der Waals surface area (Å²) >= 11 is 0. The van der Waals surface area contributed by atoms with E-state index in [1.807, 2.05) is 0 Å². The molecule has 0 aromatic rings. The summed E-state index contributed by atoms with van der Waals surface area (Å²) < 4.78 is 0. The Labute approximate surface area is 73.5 Å². The lowest BCUT2D eigenvalue weighted by Crippen LogP contribution is -1.91. The number of Topliss-reactive ketones (excluding diaryl/α,β-unsaturated/α-hetero) is 1. The van der Waals surface area contributed by atoms with E-state index in [1.54, 1.807) is 12.2 Å². The van der Waals surface area contributed by atoms with Gasteiger partial charge in [0.1, 0.15) is 5.78 Å². The molecule has 0 aliphatic carbocycles. The third-order valence-electron chi connectivity index (χ3n) is 1.26. The van der Waals surface area contributed by atoms with E-state index in [9.17, 15) is 4.79 Å². The highest BCUT2D eigenvalue weighted by molar-refractivity contribution is 5.79. The van der Waals surface area contributed by atoms with Gasteiger partial charge >= 0.3 is 0 Å². The smallest absolute Gasteiger partial charge is 0.134 e. The van der Waals surface area contributed by atoms with Crippen molar-refractivity contribution in [3.05, 3.63) is 36.5 Å². The summed E-state index contributed by atoms with van der Waals surface area (Å²) in [4.78, 5) is 10.7. The van der Waals surface area contributed by atoms with Gasteiger partial charge in [-0.25, -0.2) is 0 Å². The minimum absolute atomic E-state index is 0.0889. The van der Waals surface area contributed by atoms with Crippen LogP contribution in [0.15, 0.2) is 36.5 Å². The van der Waals surface area contributed by atoms with E-state index < -0.39 is 0 Å².